The van der Waals surface area contributed by atoms with Crippen molar-refractivity contribution < 1.29 is 19.1 Å². The quantitative estimate of drug-likeness (QED) is 0.134. The maximum Gasteiger partial charge on any atom is 0.240 e. The molecule has 0 aliphatic carbocycles. The maximum absolute atomic E-state index is 12.0. The van der Waals surface area contributed by atoms with E-state index in [1.165, 1.54) is 12.8 Å². The number of ether oxygens (including phenoxy) is 2. The molecular weight excluding hydrogens is 480 g/mol. The van der Waals surface area contributed by atoms with Gasteiger partial charge in [-0.2, -0.15) is 10.2 Å². The lowest BCUT2D eigenvalue weighted by Crippen LogP contribution is -2.19. The summed E-state index contributed by atoms with van der Waals surface area (Å²) in [5.41, 5.74) is 6.78. The zero-order chi connectivity index (χ0) is 27.3. The largest absolute Gasteiger partial charge is 0.494 e. The molecule has 0 atom stereocenters. The molecule has 8 heteroatoms. The Balaban J connectivity index is 1.55. The monoisotopic (exact) mass is 522 g/mol. The van der Waals surface area contributed by atoms with Crippen molar-refractivity contribution in [2.75, 3.05) is 13.2 Å². The smallest absolute Gasteiger partial charge is 0.240 e. The van der Waals surface area contributed by atoms with Gasteiger partial charge in [-0.05, 0) is 85.3 Å². The van der Waals surface area contributed by atoms with Crippen molar-refractivity contribution in [3.8, 4) is 11.5 Å². The molecule has 0 aromatic heterocycles. The van der Waals surface area contributed by atoms with Crippen LogP contribution in [0.4, 0.5) is 0 Å². The van der Waals surface area contributed by atoms with E-state index in [1.54, 1.807) is 12.4 Å². The fraction of sp³-hybridized carbons (Fsp3) is 0.467. The van der Waals surface area contributed by atoms with Crippen LogP contribution in [0.2, 0.25) is 0 Å². The predicted octanol–water partition coefficient (Wildman–Crippen LogP) is 5.99. The zero-order valence-electron chi connectivity index (χ0n) is 22.8. The highest BCUT2D eigenvalue weighted by Gasteiger charge is 2.03. The molecular formula is C30H42N4O4. The summed E-state index contributed by atoms with van der Waals surface area (Å²) in [6.45, 7) is 5.76. The highest BCUT2D eigenvalue weighted by Crippen LogP contribution is 2.13. The fourth-order valence-corrected chi connectivity index (χ4v) is 3.42. The van der Waals surface area contributed by atoms with Gasteiger partial charge in [0.05, 0.1) is 25.6 Å². The standard InChI is InChI=1S/C30H42N4O4/c1-3-5-9-21-37-27-17-13-25(14-18-27)23-31-33-29(35)11-7-8-12-30(36)34-32-24-26-15-19-28(20-16-26)38-22-10-6-4-2/h13-20,23-24H,3-12,21-22H2,1-2H3,(H,33,35)(H,34,36)/b31-23+,32-24+. The SMILES string of the molecule is CCCCCOc1ccc(/C=N/NC(=O)CCCCC(=O)N/N=C/c2ccc(OCCCCC)cc2)cc1. The summed E-state index contributed by atoms with van der Waals surface area (Å²) in [5, 5.41) is 7.99. The van der Waals surface area contributed by atoms with Gasteiger partial charge in [0.15, 0.2) is 0 Å². The minimum absolute atomic E-state index is 0.187. The molecule has 0 spiro atoms. The van der Waals surface area contributed by atoms with Gasteiger partial charge < -0.3 is 9.47 Å². The molecule has 0 bridgehead atoms. The Morgan fingerprint density at radius 3 is 1.39 bits per heavy atom. The first kappa shape index (κ1) is 30.5. The van der Waals surface area contributed by atoms with Crippen molar-refractivity contribution in [1.29, 1.82) is 0 Å². The van der Waals surface area contributed by atoms with E-state index in [9.17, 15) is 9.59 Å². The third-order valence-electron chi connectivity index (χ3n) is 5.66. The molecule has 0 saturated carbocycles. The van der Waals surface area contributed by atoms with Gasteiger partial charge in [0, 0.05) is 12.8 Å². The average Bonchev–Trinajstić information content (AvgIpc) is 2.93. The second kappa shape index (κ2) is 19.4. The third-order valence-corrected chi connectivity index (χ3v) is 5.66. The zero-order valence-corrected chi connectivity index (χ0v) is 22.8. The van der Waals surface area contributed by atoms with Gasteiger partial charge in [0.25, 0.3) is 0 Å². The first-order valence-corrected chi connectivity index (χ1v) is 13.7. The van der Waals surface area contributed by atoms with E-state index < -0.39 is 0 Å². The van der Waals surface area contributed by atoms with Gasteiger partial charge in [-0.1, -0.05) is 39.5 Å². The molecule has 206 valence electrons. The van der Waals surface area contributed by atoms with E-state index in [1.807, 2.05) is 48.5 Å². The summed E-state index contributed by atoms with van der Waals surface area (Å²) in [4.78, 5) is 23.9. The van der Waals surface area contributed by atoms with E-state index in [2.05, 4.69) is 34.9 Å². The Labute approximate surface area is 226 Å². The van der Waals surface area contributed by atoms with Crippen LogP contribution in [0.25, 0.3) is 0 Å². The summed E-state index contributed by atoms with van der Waals surface area (Å²) in [5.74, 6) is 1.28. The summed E-state index contributed by atoms with van der Waals surface area (Å²) < 4.78 is 11.4. The van der Waals surface area contributed by atoms with Crippen LogP contribution in [0.3, 0.4) is 0 Å². The number of amides is 2. The normalized spacial score (nSPS) is 11.1. The molecule has 2 N–H and O–H groups in total. The molecule has 38 heavy (non-hydrogen) atoms. The number of hydrazone groups is 2. The number of unbranched alkanes of at least 4 members (excludes halogenated alkanes) is 5. The Kier molecular flexibility index (Phi) is 15.6. The van der Waals surface area contributed by atoms with Crippen LogP contribution in [0.15, 0.2) is 58.7 Å². The minimum Gasteiger partial charge on any atom is -0.494 e. The molecule has 2 rings (SSSR count). The van der Waals surface area contributed by atoms with Gasteiger partial charge in [0.2, 0.25) is 11.8 Å². The molecule has 0 heterocycles. The van der Waals surface area contributed by atoms with Crippen molar-refractivity contribution in [1.82, 2.24) is 10.9 Å². The molecule has 2 aromatic rings. The number of carbonyl (C=O) groups is 2. The van der Waals surface area contributed by atoms with Crippen LogP contribution in [-0.4, -0.2) is 37.5 Å². The van der Waals surface area contributed by atoms with Crippen LogP contribution < -0.4 is 20.3 Å². The maximum atomic E-state index is 12.0. The summed E-state index contributed by atoms with van der Waals surface area (Å²) >= 11 is 0. The van der Waals surface area contributed by atoms with Crippen molar-refractivity contribution in [3.63, 3.8) is 0 Å². The highest BCUT2D eigenvalue weighted by atomic mass is 16.5. The second-order valence-electron chi connectivity index (χ2n) is 9.04. The second-order valence-corrected chi connectivity index (χ2v) is 9.04. The summed E-state index contributed by atoms with van der Waals surface area (Å²) in [7, 11) is 0. The molecule has 0 fully saturated rings. The molecule has 0 aliphatic rings. The van der Waals surface area contributed by atoms with Crippen LogP contribution in [0.5, 0.6) is 11.5 Å². The molecule has 0 radical (unpaired) electrons. The number of carbonyl (C=O) groups excluding carboxylic acids is 2. The molecule has 0 aliphatic heterocycles. The van der Waals surface area contributed by atoms with Gasteiger partial charge in [0.1, 0.15) is 11.5 Å². The van der Waals surface area contributed by atoms with Gasteiger partial charge in [-0.25, -0.2) is 10.9 Å². The van der Waals surface area contributed by atoms with Gasteiger partial charge in [-0.3, -0.25) is 9.59 Å². The number of nitrogens with zero attached hydrogens (tertiary/aromatic N) is 2. The summed E-state index contributed by atoms with van der Waals surface area (Å²) in [6.07, 6.45) is 11.7. The first-order valence-electron chi connectivity index (χ1n) is 13.7. The molecule has 0 unspecified atom stereocenters. The Morgan fingerprint density at radius 1 is 0.632 bits per heavy atom. The lowest BCUT2D eigenvalue weighted by molar-refractivity contribution is -0.123. The average molecular weight is 523 g/mol. The van der Waals surface area contributed by atoms with Crippen molar-refractivity contribution >= 4 is 24.2 Å². The molecule has 2 amide bonds. The van der Waals surface area contributed by atoms with Crippen molar-refractivity contribution in [2.45, 2.75) is 78.1 Å². The van der Waals surface area contributed by atoms with E-state index in [4.69, 9.17) is 9.47 Å². The lowest BCUT2D eigenvalue weighted by atomic mass is 10.2. The number of benzene rings is 2. The van der Waals surface area contributed by atoms with Crippen molar-refractivity contribution in [3.05, 3.63) is 59.7 Å². The van der Waals surface area contributed by atoms with Crippen LogP contribution >= 0.6 is 0 Å². The molecule has 2 aromatic carbocycles. The number of rotatable bonds is 19. The number of hydrogen-bond acceptors (Lipinski definition) is 6. The highest BCUT2D eigenvalue weighted by molar-refractivity contribution is 5.83. The topological polar surface area (TPSA) is 101 Å². The van der Waals surface area contributed by atoms with Crippen LogP contribution in [-0.2, 0) is 9.59 Å². The Morgan fingerprint density at radius 2 is 1.03 bits per heavy atom. The van der Waals surface area contributed by atoms with Crippen LogP contribution in [0.1, 0.15) is 89.2 Å². The van der Waals surface area contributed by atoms with E-state index in [-0.39, 0.29) is 11.8 Å². The lowest BCUT2D eigenvalue weighted by Gasteiger charge is -2.05. The molecule has 0 saturated heterocycles. The number of nitrogens with one attached hydrogen (secondary N) is 2. The van der Waals surface area contributed by atoms with E-state index >= 15 is 0 Å². The third kappa shape index (κ3) is 14.2. The Bertz CT molecular complexity index is 907. The van der Waals surface area contributed by atoms with Crippen LogP contribution in [0, 0.1) is 0 Å². The fourth-order valence-electron chi connectivity index (χ4n) is 3.42. The predicted molar refractivity (Wildman–Crippen MR) is 153 cm³/mol. The number of hydrogen-bond donors (Lipinski definition) is 2. The summed E-state index contributed by atoms with van der Waals surface area (Å²) in [6, 6.07) is 15.2. The first-order chi connectivity index (χ1) is 18.6. The van der Waals surface area contributed by atoms with E-state index in [0.29, 0.717) is 25.7 Å². The van der Waals surface area contributed by atoms with Crippen molar-refractivity contribution in [2.24, 2.45) is 10.2 Å². The molecule has 8 nitrogen and oxygen atoms in total. The Hall–Kier alpha value is -3.68. The van der Waals surface area contributed by atoms with Gasteiger partial charge >= 0.3 is 0 Å². The van der Waals surface area contributed by atoms with E-state index in [0.717, 1.165) is 61.5 Å². The minimum atomic E-state index is -0.187. The van der Waals surface area contributed by atoms with Gasteiger partial charge in [-0.15, -0.1) is 0 Å².